The molecule has 2 atom stereocenters. The van der Waals surface area contributed by atoms with Crippen molar-refractivity contribution in [2.24, 2.45) is 7.05 Å². The van der Waals surface area contributed by atoms with E-state index in [9.17, 15) is 9.90 Å². The van der Waals surface area contributed by atoms with Crippen LogP contribution in [0.25, 0.3) is 0 Å². The first-order valence-corrected chi connectivity index (χ1v) is 8.70. The van der Waals surface area contributed by atoms with Gasteiger partial charge >= 0.3 is 0 Å². The van der Waals surface area contributed by atoms with E-state index in [0.717, 1.165) is 62.6 Å². The van der Waals surface area contributed by atoms with Gasteiger partial charge in [-0.15, -0.1) is 0 Å². The first-order chi connectivity index (χ1) is 10.7. The number of rotatable bonds is 2. The number of hydrogen-bond donors (Lipinski definition) is 2. The summed E-state index contributed by atoms with van der Waals surface area (Å²) in [6.45, 7) is 0. The Kier molecular flexibility index (Phi) is 4.81. The number of aromatic nitrogens is 2. The highest BCUT2D eigenvalue weighted by molar-refractivity contribution is 5.94. The maximum absolute atomic E-state index is 12.7. The van der Waals surface area contributed by atoms with Crippen LogP contribution in [0.1, 0.15) is 73.1 Å². The zero-order chi connectivity index (χ0) is 15.5. The van der Waals surface area contributed by atoms with Crippen molar-refractivity contribution in [1.82, 2.24) is 15.1 Å². The third kappa shape index (κ3) is 3.19. The van der Waals surface area contributed by atoms with Crippen molar-refractivity contribution in [1.29, 1.82) is 0 Å². The molecule has 2 N–H and O–H groups in total. The van der Waals surface area contributed by atoms with Crippen molar-refractivity contribution in [3.8, 4) is 0 Å². The van der Waals surface area contributed by atoms with E-state index in [0.29, 0.717) is 5.69 Å². The lowest BCUT2D eigenvalue weighted by Gasteiger charge is -2.26. The molecule has 1 amide bonds. The van der Waals surface area contributed by atoms with Gasteiger partial charge in [0.05, 0.1) is 17.8 Å². The van der Waals surface area contributed by atoms with Gasteiger partial charge < -0.3 is 10.4 Å². The first-order valence-electron chi connectivity index (χ1n) is 8.70. The SMILES string of the molecule is Cn1nc2c(c1C(=O)N[C@H]1CCCCCC[C@@H]1O)CCCC2. The van der Waals surface area contributed by atoms with Crippen molar-refractivity contribution in [3.05, 3.63) is 17.0 Å². The fourth-order valence-corrected chi connectivity index (χ4v) is 3.84. The molecule has 1 saturated carbocycles. The highest BCUT2D eigenvalue weighted by Gasteiger charge is 2.28. The summed E-state index contributed by atoms with van der Waals surface area (Å²) in [4.78, 5) is 12.7. The molecule has 122 valence electrons. The molecule has 22 heavy (non-hydrogen) atoms. The molecule has 0 bridgehead atoms. The molecule has 2 aliphatic rings. The summed E-state index contributed by atoms with van der Waals surface area (Å²) in [6, 6.07) is -0.123. The minimum Gasteiger partial charge on any atom is -0.391 e. The summed E-state index contributed by atoms with van der Waals surface area (Å²) >= 11 is 0. The quantitative estimate of drug-likeness (QED) is 0.879. The lowest BCUT2D eigenvalue weighted by Crippen LogP contribution is -2.44. The Balaban J connectivity index is 1.75. The number of carbonyl (C=O) groups excluding carboxylic acids is 1. The fraction of sp³-hybridized carbons (Fsp3) is 0.765. The molecule has 3 rings (SSSR count). The van der Waals surface area contributed by atoms with E-state index in [1.165, 1.54) is 12.8 Å². The number of nitrogens with one attached hydrogen (secondary N) is 1. The average molecular weight is 305 g/mol. The summed E-state index contributed by atoms with van der Waals surface area (Å²) in [5, 5.41) is 17.9. The molecule has 5 heteroatoms. The molecule has 0 unspecified atom stereocenters. The van der Waals surface area contributed by atoms with E-state index >= 15 is 0 Å². The Morgan fingerprint density at radius 2 is 1.86 bits per heavy atom. The van der Waals surface area contributed by atoms with Crippen LogP contribution in [0.2, 0.25) is 0 Å². The van der Waals surface area contributed by atoms with Gasteiger partial charge in [-0.1, -0.05) is 25.7 Å². The second kappa shape index (κ2) is 6.82. The molecule has 1 fully saturated rings. The standard InChI is InChI=1S/C17H27N3O2/c1-20-16(12-8-6-7-9-13(12)19-20)17(22)18-14-10-4-2-3-5-11-15(14)21/h14-15,21H,2-11H2,1H3,(H,18,22)/t14-,15-/m0/s1. The van der Waals surface area contributed by atoms with Crippen LogP contribution < -0.4 is 5.32 Å². The molecule has 0 saturated heterocycles. The number of amides is 1. The molecule has 1 heterocycles. The lowest BCUT2D eigenvalue weighted by molar-refractivity contribution is 0.0762. The molecule has 0 aromatic carbocycles. The first kappa shape index (κ1) is 15.5. The van der Waals surface area contributed by atoms with Crippen molar-refractivity contribution < 1.29 is 9.90 Å². The topological polar surface area (TPSA) is 67.2 Å². The van der Waals surface area contributed by atoms with E-state index in [2.05, 4.69) is 10.4 Å². The van der Waals surface area contributed by atoms with Gasteiger partial charge in [0.1, 0.15) is 5.69 Å². The van der Waals surface area contributed by atoms with E-state index in [1.54, 1.807) is 4.68 Å². The third-order valence-electron chi connectivity index (χ3n) is 5.08. The van der Waals surface area contributed by atoms with Crippen LogP contribution in [0, 0.1) is 0 Å². The minimum atomic E-state index is -0.423. The van der Waals surface area contributed by atoms with Gasteiger partial charge in [-0.2, -0.15) is 5.10 Å². The third-order valence-corrected chi connectivity index (χ3v) is 5.08. The van der Waals surface area contributed by atoms with E-state index in [4.69, 9.17) is 0 Å². The molecular formula is C17H27N3O2. The van der Waals surface area contributed by atoms with E-state index in [-0.39, 0.29) is 11.9 Å². The van der Waals surface area contributed by atoms with Gasteiger partial charge in [-0.3, -0.25) is 9.48 Å². The van der Waals surface area contributed by atoms with Gasteiger partial charge in [0.2, 0.25) is 0 Å². The summed E-state index contributed by atoms with van der Waals surface area (Å²) in [6.07, 6.45) is 9.95. The van der Waals surface area contributed by atoms with Crippen LogP contribution in [0.3, 0.4) is 0 Å². The Hall–Kier alpha value is -1.36. The van der Waals surface area contributed by atoms with Crippen molar-refractivity contribution in [2.75, 3.05) is 0 Å². The summed E-state index contributed by atoms with van der Waals surface area (Å²) in [5.41, 5.74) is 2.90. The van der Waals surface area contributed by atoms with Crippen LogP contribution in [-0.4, -0.2) is 32.9 Å². The number of nitrogens with zero attached hydrogens (tertiary/aromatic N) is 2. The van der Waals surface area contributed by atoms with Gasteiger partial charge in [-0.25, -0.2) is 0 Å². The fourth-order valence-electron chi connectivity index (χ4n) is 3.84. The predicted molar refractivity (Wildman–Crippen MR) is 84.8 cm³/mol. The maximum Gasteiger partial charge on any atom is 0.270 e. The van der Waals surface area contributed by atoms with Crippen LogP contribution in [-0.2, 0) is 19.9 Å². The van der Waals surface area contributed by atoms with Crippen LogP contribution >= 0.6 is 0 Å². The normalized spacial score (nSPS) is 25.9. The Morgan fingerprint density at radius 1 is 1.14 bits per heavy atom. The molecule has 2 aliphatic carbocycles. The number of fused-ring (bicyclic) bond motifs is 1. The number of carbonyl (C=O) groups is 1. The van der Waals surface area contributed by atoms with Gasteiger partial charge in [0.15, 0.2) is 0 Å². The molecule has 5 nitrogen and oxygen atoms in total. The average Bonchev–Trinajstić information content (AvgIpc) is 2.82. The second-order valence-corrected chi connectivity index (χ2v) is 6.74. The van der Waals surface area contributed by atoms with Crippen LogP contribution in [0.15, 0.2) is 0 Å². The zero-order valence-corrected chi connectivity index (χ0v) is 13.5. The van der Waals surface area contributed by atoms with E-state index < -0.39 is 6.10 Å². The predicted octanol–water partition coefficient (Wildman–Crippen LogP) is 2.11. The number of aliphatic hydroxyl groups excluding tert-OH is 1. The van der Waals surface area contributed by atoms with Crippen LogP contribution in [0.4, 0.5) is 0 Å². The van der Waals surface area contributed by atoms with Crippen molar-refractivity contribution in [3.63, 3.8) is 0 Å². The number of hydrogen-bond acceptors (Lipinski definition) is 3. The molecule has 1 aromatic heterocycles. The van der Waals surface area contributed by atoms with Crippen LogP contribution in [0.5, 0.6) is 0 Å². The molecule has 1 aromatic rings. The monoisotopic (exact) mass is 305 g/mol. The van der Waals surface area contributed by atoms with Gasteiger partial charge in [0, 0.05) is 12.6 Å². The van der Waals surface area contributed by atoms with E-state index in [1.807, 2.05) is 7.05 Å². The minimum absolute atomic E-state index is 0.0669. The van der Waals surface area contributed by atoms with Crippen molar-refractivity contribution in [2.45, 2.75) is 76.4 Å². The smallest absolute Gasteiger partial charge is 0.270 e. The summed E-state index contributed by atoms with van der Waals surface area (Å²) in [5.74, 6) is -0.0669. The molecular weight excluding hydrogens is 278 g/mol. The highest BCUT2D eigenvalue weighted by atomic mass is 16.3. The molecule has 0 radical (unpaired) electrons. The highest BCUT2D eigenvalue weighted by Crippen LogP contribution is 2.24. The van der Waals surface area contributed by atoms with Crippen molar-refractivity contribution >= 4 is 5.91 Å². The Bertz CT molecular complexity index is 538. The zero-order valence-electron chi connectivity index (χ0n) is 13.5. The van der Waals surface area contributed by atoms with Gasteiger partial charge in [0.25, 0.3) is 5.91 Å². The summed E-state index contributed by atoms with van der Waals surface area (Å²) < 4.78 is 1.72. The largest absolute Gasteiger partial charge is 0.391 e. The summed E-state index contributed by atoms with van der Waals surface area (Å²) in [7, 11) is 1.85. The Morgan fingerprint density at radius 3 is 2.68 bits per heavy atom. The lowest BCUT2D eigenvalue weighted by atomic mass is 9.93. The Labute approximate surface area is 132 Å². The second-order valence-electron chi connectivity index (χ2n) is 6.74. The number of aliphatic hydroxyl groups is 1. The molecule has 0 aliphatic heterocycles. The maximum atomic E-state index is 12.7. The molecule has 0 spiro atoms. The number of aryl methyl sites for hydroxylation is 2. The van der Waals surface area contributed by atoms with Gasteiger partial charge in [-0.05, 0) is 38.5 Å².